The standard InChI is InChI=1S/C25H32N2O2/c1-29-23-11-10-19-14-21(9-8-20(19)15-23)25(28)24-17-26(22-6-3-7-22)12-13-27(24)16-18-4-2-5-18/h8-11,14-15,18,22,24H,2-7,12-13,16-17H2,1H3. The van der Waals surface area contributed by atoms with E-state index in [9.17, 15) is 4.79 Å². The second-order valence-corrected chi connectivity index (χ2v) is 9.18. The van der Waals surface area contributed by atoms with Crippen molar-refractivity contribution < 1.29 is 9.53 Å². The summed E-state index contributed by atoms with van der Waals surface area (Å²) in [6.45, 7) is 4.16. The predicted molar refractivity (Wildman–Crippen MR) is 117 cm³/mol. The lowest BCUT2D eigenvalue weighted by Crippen LogP contribution is -2.60. The topological polar surface area (TPSA) is 32.8 Å². The van der Waals surface area contributed by atoms with Crippen LogP contribution in [0.1, 0.15) is 48.9 Å². The van der Waals surface area contributed by atoms with E-state index >= 15 is 0 Å². The number of Topliss-reactive ketones (excluding diaryl/α,β-unsaturated/α-hetero) is 1. The molecule has 2 saturated carbocycles. The normalized spacial score (nSPS) is 24.2. The Morgan fingerprint density at radius 3 is 2.45 bits per heavy atom. The molecule has 0 N–H and O–H groups in total. The van der Waals surface area contributed by atoms with E-state index in [4.69, 9.17) is 4.74 Å². The summed E-state index contributed by atoms with van der Waals surface area (Å²) in [5.41, 5.74) is 0.849. The van der Waals surface area contributed by atoms with Crippen molar-refractivity contribution in [2.24, 2.45) is 5.92 Å². The van der Waals surface area contributed by atoms with E-state index in [1.54, 1.807) is 7.11 Å². The Bertz CT molecular complexity index is 888. The molecule has 3 fully saturated rings. The van der Waals surface area contributed by atoms with Crippen LogP contribution in [0, 0.1) is 5.92 Å². The van der Waals surface area contributed by atoms with E-state index in [1.807, 2.05) is 18.2 Å². The van der Waals surface area contributed by atoms with Crippen LogP contribution in [0.15, 0.2) is 36.4 Å². The van der Waals surface area contributed by atoms with Gasteiger partial charge in [0.05, 0.1) is 13.2 Å². The molecule has 0 amide bonds. The van der Waals surface area contributed by atoms with Gasteiger partial charge in [0.15, 0.2) is 5.78 Å². The molecule has 0 aromatic heterocycles. The Balaban J connectivity index is 1.39. The zero-order chi connectivity index (χ0) is 19.8. The summed E-state index contributed by atoms with van der Waals surface area (Å²) in [7, 11) is 1.69. The Morgan fingerprint density at radius 1 is 1.00 bits per heavy atom. The van der Waals surface area contributed by atoms with Crippen molar-refractivity contribution in [2.45, 2.75) is 50.6 Å². The molecule has 0 spiro atoms. The molecule has 2 aliphatic carbocycles. The fourth-order valence-electron chi connectivity index (χ4n) is 5.10. The highest BCUT2D eigenvalue weighted by molar-refractivity contribution is 6.03. The van der Waals surface area contributed by atoms with E-state index in [2.05, 4.69) is 28.0 Å². The first-order valence-corrected chi connectivity index (χ1v) is 11.3. The maximum absolute atomic E-state index is 13.6. The maximum atomic E-state index is 13.6. The molecule has 1 heterocycles. The molecule has 29 heavy (non-hydrogen) atoms. The number of ketones is 1. The molecule has 154 valence electrons. The molecule has 1 aliphatic heterocycles. The van der Waals surface area contributed by atoms with Crippen molar-refractivity contribution in [1.82, 2.24) is 9.80 Å². The zero-order valence-electron chi connectivity index (χ0n) is 17.5. The number of rotatable bonds is 6. The molecule has 1 unspecified atom stereocenters. The summed E-state index contributed by atoms with van der Waals surface area (Å²) in [6, 6.07) is 12.9. The molecule has 2 aromatic carbocycles. The minimum Gasteiger partial charge on any atom is -0.497 e. The summed E-state index contributed by atoms with van der Waals surface area (Å²) in [5.74, 6) is 1.95. The van der Waals surface area contributed by atoms with Gasteiger partial charge in [-0.05, 0) is 60.6 Å². The van der Waals surface area contributed by atoms with E-state index in [0.717, 1.165) is 54.2 Å². The average Bonchev–Trinajstić information content (AvgIpc) is 2.68. The third-order valence-electron chi connectivity index (χ3n) is 7.47. The fourth-order valence-corrected chi connectivity index (χ4v) is 5.10. The molecule has 1 saturated heterocycles. The number of hydrogen-bond donors (Lipinski definition) is 0. The molecule has 0 radical (unpaired) electrons. The van der Waals surface area contributed by atoms with Crippen LogP contribution in [-0.4, -0.2) is 61.0 Å². The highest BCUT2D eigenvalue weighted by Crippen LogP contribution is 2.32. The minimum absolute atomic E-state index is 0.000600. The van der Waals surface area contributed by atoms with E-state index < -0.39 is 0 Å². The summed E-state index contributed by atoms with van der Waals surface area (Å²) in [5, 5.41) is 2.22. The van der Waals surface area contributed by atoms with Gasteiger partial charge >= 0.3 is 0 Å². The second-order valence-electron chi connectivity index (χ2n) is 9.18. The van der Waals surface area contributed by atoms with Crippen LogP contribution < -0.4 is 4.74 Å². The van der Waals surface area contributed by atoms with Crippen molar-refractivity contribution in [1.29, 1.82) is 0 Å². The van der Waals surface area contributed by atoms with Gasteiger partial charge in [-0.1, -0.05) is 31.0 Å². The molecule has 4 nitrogen and oxygen atoms in total. The van der Waals surface area contributed by atoms with Gasteiger partial charge in [0.2, 0.25) is 0 Å². The van der Waals surface area contributed by atoms with Gasteiger partial charge in [0.1, 0.15) is 5.75 Å². The first kappa shape index (κ1) is 19.1. The minimum atomic E-state index is 0.000600. The summed E-state index contributed by atoms with van der Waals surface area (Å²) >= 11 is 0. The highest BCUT2D eigenvalue weighted by atomic mass is 16.5. The Kier molecular flexibility index (Phi) is 5.31. The van der Waals surface area contributed by atoms with E-state index in [1.165, 1.54) is 38.5 Å². The Hall–Kier alpha value is -1.91. The Morgan fingerprint density at radius 2 is 1.76 bits per heavy atom. The van der Waals surface area contributed by atoms with Crippen LogP contribution in [0.3, 0.4) is 0 Å². The SMILES string of the molecule is COc1ccc2cc(C(=O)C3CN(C4CCC4)CCN3CC3CCC3)ccc2c1. The Labute approximate surface area is 173 Å². The van der Waals surface area contributed by atoms with Gasteiger partial charge in [0.25, 0.3) is 0 Å². The monoisotopic (exact) mass is 392 g/mol. The fraction of sp³-hybridized carbons (Fsp3) is 0.560. The van der Waals surface area contributed by atoms with Gasteiger partial charge in [-0.15, -0.1) is 0 Å². The van der Waals surface area contributed by atoms with Crippen molar-refractivity contribution in [2.75, 3.05) is 33.3 Å². The van der Waals surface area contributed by atoms with Gasteiger partial charge in [-0.3, -0.25) is 14.6 Å². The maximum Gasteiger partial charge on any atom is 0.181 e. The number of ether oxygens (including phenoxy) is 1. The third-order valence-corrected chi connectivity index (χ3v) is 7.47. The third kappa shape index (κ3) is 3.80. The van der Waals surface area contributed by atoms with Crippen LogP contribution in [0.25, 0.3) is 10.8 Å². The number of fused-ring (bicyclic) bond motifs is 1. The zero-order valence-corrected chi connectivity index (χ0v) is 17.5. The number of benzene rings is 2. The summed E-state index contributed by atoms with van der Waals surface area (Å²) in [4.78, 5) is 18.7. The number of methoxy groups -OCH3 is 1. The summed E-state index contributed by atoms with van der Waals surface area (Å²) < 4.78 is 5.33. The first-order valence-electron chi connectivity index (χ1n) is 11.3. The molecule has 1 atom stereocenters. The lowest BCUT2D eigenvalue weighted by molar-refractivity contribution is 0.0128. The highest BCUT2D eigenvalue weighted by Gasteiger charge is 2.38. The van der Waals surface area contributed by atoms with Gasteiger partial charge in [-0.25, -0.2) is 0 Å². The number of carbonyl (C=O) groups is 1. The van der Waals surface area contributed by atoms with Gasteiger partial charge in [0, 0.05) is 37.8 Å². The van der Waals surface area contributed by atoms with Crippen molar-refractivity contribution in [3.8, 4) is 5.75 Å². The van der Waals surface area contributed by atoms with Crippen LogP contribution in [0.2, 0.25) is 0 Å². The van der Waals surface area contributed by atoms with Crippen LogP contribution in [0.4, 0.5) is 0 Å². The van der Waals surface area contributed by atoms with E-state index in [0.29, 0.717) is 11.8 Å². The second kappa shape index (κ2) is 8.08. The van der Waals surface area contributed by atoms with Crippen molar-refractivity contribution in [3.05, 3.63) is 42.0 Å². The molecule has 4 heteroatoms. The van der Waals surface area contributed by atoms with Gasteiger partial charge in [-0.2, -0.15) is 0 Å². The first-order chi connectivity index (χ1) is 14.2. The van der Waals surface area contributed by atoms with Crippen molar-refractivity contribution >= 4 is 16.6 Å². The average molecular weight is 393 g/mol. The number of carbonyl (C=O) groups excluding carboxylic acids is 1. The molecule has 2 aromatic rings. The summed E-state index contributed by atoms with van der Waals surface area (Å²) in [6.07, 6.45) is 7.99. The van der Waals surface area contributed by atoms with Crippen molar-refractivity contribution in [3.63, 3.8) is 0 Å². The number of hydrogen-bond acceptors (Lipinski definition) is 4. The van der Waals surface area contributed by atoms with Crippen LogP contribution in [-0.2, 0) is 0 Å². The molecule has 0 bridgehead atoms. The largest absolute Gasteiger partial charge is 0.497 e. The van der Waals surface area contributed by atoms with E-state index in [-0.39, 0.29) is 6.04 Å². The number of nitrogens with zero attached hydrogens (tertiary/aromatic N) is 2. The molecule has 5 rings (SSSR count). The molecular formula is C25H32N2O2. The quantitative estimate of drug-likeness (QED) is 0.684. The van der Waals surface area contributed by atoms with Gasteiger partial charge < -0.3 is 4.74 Å². The lowest BCUT2D eigenvalue weighted by atomic mass is 9.84. The van der Waals surface area contributed by atoms with Crippen LogP contribution >= 0.6 is 0 Å². The lowest BCUT2D eigenvalue weighted by Gasteiger charge is -2.47. The van der Waals surface area contributed by atoms with Crippen LogP contribution in [0.5, 0.6) is 5.75 Å². The predicted octanol–water partition coefficient (Wildman–Crippen LogP) is 4.37. The molecular weight excluding hydrogens is 360 g/mol. The molecule has 3 aliphatic rings. The smallest absolute Gasteiger partial charge is 0.181 e. The number of piperazine rings is 1.